The number of fused-ring (bicyclic) bond motifs is 1. The highest BCUT2D eigenvalue weighted by atomic mass is 16.7. The zero-order chi connectivity index (χ0) is 25.4. The van der Waals surface area contributed by atoms with Crippen LogP contribution < -0.4 is 24.4 Å². The number of methoxy groups -OCH3 is 3. The van der Waals surface area contributed by atoms with E-state index in [2.05, 4.69) is 0 Å². The fourth-order valence-corrected chi connectivity index (χ4v) is 3.91. The average Bonchev–Trinajstić information content (AvgIpc) is 2.85. The molecule has 11 heteroatoms. The van der Waals surface area contributed by atoms with Crippen molar-refractivity contribution >= 4 is 11.0 Å². The van der Waals surface area contributed by atoms with Crippen molar-refractivity contribution < 1.29 is 48.5 Å². The molecule has 11 nitrogen and oxygen atoms in total. The molecule has 0 aliphatic carbocycles. The van der Waals surface area contributed by atoms with Crippen LogP contribution in [0.4, 0.5) is 0 Å². The predicted octanol–water partition coefficient (Wildman–Crippen LogP) is 1.40. The third-order valence-electron chi connectivity index (χ3n) is 5.82. The first kappa shape index (κ1) is 24.6. The highest BCUT2D eigenvalue weighted by molar-refractivity contribution is 5.88. The minimum atomic E-state index is -1.54. The monoisotopic (exact) mass is 490 g/mol. The minimum Gasteiger partial charge on any atom is -0.504 e. The van der Waals surface area contributed by atoms with Crippen LogP contribution in [0.3, 0.4) is 0 Å². The van der Waals surface area contributed by atoms with Gasteiger partial charge < -0.3 is 48.5 Å². The lowest BCUT2D eigenvalue weighted by Gasteiger charge is -2.38. The van der Waals surface area contributed by atoms with Gasteiger partial charge in [-0.2, -0.15) is 0 Å². The van der Waals surface area contributed by atoms with Crippen LogP contribution in [0, 0.1) is 0 Å². The number of phenols is 1. The average molecular weight is 490 g/mol. The summed E-state index contributed by atoms with van der Waals surface area (Å²) >= 11 is 0. The molecule has 0 bridgehead atoms. The Balaban J connectivity index is 1.84. The largest absolute Gasteiger partial charge is 0.504 e. The number of ether oxygens (including phenoxy) is 5. The molecule has 1 aromatic heterocycles. The van der Waals surface area contributed by atoms with E-state index in [1.165, 1.54) is 58.6 Å². The summed E-state index contributed by atoms with van der Waals surface area (Å²) in [7, 11) is 4.07. The van der Waals surface area contributed by atoms with Gasteiger partial charge in [0.05, 0.1) is 27.4 Å². The molecule has 0 radical (unpaired) electrons. The molecule has 5 unspecified atom stereocenters. The second-order valence-corrected chi connectivity index (χ2v) is 7.98. The van der Waals surface area contributed by atoms with E-state index in [0.717, 1.165) is 0 Å². The first-order valence-electron chi connectivity index (χ1n) is 10.7. The van der Waals surface area contributed by atoms with Gasteiger partial charge in [-0.15, -0.1) is 0 Å². The van der Waals surface area contributed by atoms with Gasteiger partial charge in [0.1, 0.15) is 40.8 Å². The van der Waals surface area contributed by atoms with Gasteiger partial charge in [-0.1, -0.05) is 0 Å². The number of phenolic OH excluding ortho intramolecular Hbond substituents is 1. The smallest absolute Gasteiger partial charge is 0.239 e. The maximum absolute atomic E-state index is 13.3. The van der Waals surface area contributed by atoms with E-state index in [0.29, 0.717) is 5.56 Å². The highest BCUT2D eigenvalue weighted by Gasteiger charge is 2.43. The zero-order valence-corrected chi connectivity index (χ0v) is 19.4. The topological polar surface area (TPSA) is 157 Å². The first-order chi connectivity index (χ1) is 16.7. The summed E-state index contributed by atoms with van der Waals surface area (Å²) in [4.78, 5) is 13.3. The molecule has 5 atom stereocenters. The molecule has 4 rings (SSSR count). The molecule has 1 aliphatic heterocycles. The fourth-order valence-electron chi connectivity index (χ4n) is 3.91. The summed E-state index contributed by atoms with van der Waals surface area (Å²) in [6.07, 6.45) is -6.42. The number of benzene rings is 2. The van der Waals surface area contributed by atoms with Gasteiger partial charge in [0, 0.05) is 17.7 Å². The van der Waals surface area contributed by atoms with Crippen molar-refractivity contribution in [2.24, 2.45) is 0 Å². The highest BCUT2D eigenvalue weighted by Crippen LogP contribution is 2.39. The summed E-state index contributed by atoms with van der Waals surface area (Å²) in [5.74, 6) is 0.274. The molecule has 3 aromatic rings. The summed E-state index contributed by atoms with van der Waals surface area (Å²) in [6.45, 7) is 1.53. The molecule has 1 aliphatic rings. The van der Waals surface area contributed by atoms with Crippen LogP contribution in [0.25, 0.3) is 22.3 Å². The third kappa shape index (κ3) is 4.34. The fraction of sp³-hybridized carbons (Fsp3) is 0.375. The number of aliphatic hydroxyl groups excluding tert-OH is 3. The molecule has 35 heavy (non-hydrogen) atoms. The Morgan fingerprint density at radius 3 is 2.26 bits per heavy atom. The summed E-state index contributed by atoms with van der Waals surface area (Å²) < 4.78 is 33.1. The van der Waals surface area contributed by atoms with Crippen LogP contribution in [0.15, 0.2) is 39.5 Å². The normalized spacial score (nSPS) is 24.3. The third-order valence-corrected chi connectivity index (χ3v) is 5.82. The van der Waals surface area contributed by atoms with Crippen molar-refractivity contribution in [3.05, 3.63) is 40.6 Å². The Morgan fingerprint density at radius 2 is 1.60 bits per heavy atom. The Kier molecular flexibility index (Phi) is 6.77. The standard InChI is InChI=1S/C24H26O11/c1-10-18(26)20(28)21(29)24(33-10)34-12-8-15(31-3)17-16(9-12)35-22(23(32-4)19(17)27)11-5-6-13(25)14(7-11)30-2/h5-10,18,20-21,24-26,28-29H,1-4H3. The summed E-state index contributed by atoms with van der Waals surface area (Å²) in [6, 6.07) is 7.21. The SMILES string of the molecule is COc1cc(-c2oc3cc(OC4OC(C)C(O)C(O)C4O)cc(OC)c3c(=O)c2OC)ccc1O. The lowest BCUT2D eigenvalue weighted by Crippen LogP contribution is -2.58. The quantitative estimate of drug-likeness (QED) is 0.396. The van der Waals surface area contributed by atoms with Gasteiger partial charge in [0.25, 0.3) is 0 Å². The van der Waals surface area contributed by atoms with E-state index in [1.807, 2.05) is 0 Å². The molecule has 1 saturated heterocycles. The lowest BCUT2D eigenvalue weighted by molar-refractivity contribution is -0.268. The molecular formula is C24H26O11. The van der Waals surface area contributed by atoms with E-state index in [1.54, 1.807) is 0 Å². The Hall–Kier alpha value is -3.51. The molecule has 0 spiro atoms. The van der Waals surface area contributed by atoms with E-state index in [9.17, 15) is 25.2 Å². The summed E-state index contributed by atoms with van der Waals surface area (Å²) in [5.41, 5.74) is -0.0378. The maximum Gasteiger partial charge on any atom is 0.239 e. The lowest BCUT2D eigenvalue weighted by atomic mass is 10.00. The van der Waals surface area contributed by atoms with Crippen LogP contribution in [0.1, 0.15) is 6.92 Å². The molecule has 0 saturated carbocycles. The second kappa shape index (κ2) is 9.62. The molecule has 4 N–H and O–H groups in total. The van der Waals surface area contributed by atoms with Crippen LogP contribution in [0.5, 0.6) is 28.7 Å². The zero-order valence-electron chi connectivity index (χ0n) is 19.4. The molecular weight excluding hydrogens is 464 g/mol. The van der Waals surface area contributed by atoms with Gasteiger partial charge in [-0.25, -0.2) is 0 Å². The predicted molar refractivity (Wildman–Crippen MR) is 122 cm³/mol. The van der Waals surface area contributed by atoms with Crippen LogP contribution in [-0.2, 0) is 4.74 Å². The second-order valence-electron chi connectivity index (χ2n) is 7.98. The van der Waals surface area contributed by atoms with Gasteiger partial charge in [-0.05, 0) is 25.1 Å². The van der Waals surface area contributed by atoms with E-state index >= 15 is 0 Å². The first-order valence-corrected chi connectivity index (χ1v) is 10.7. The minimum absolute atomic E-state index is 0.0728. The van der Waals surface area contributed by atoms with E-state index in [4.69, 9.17) is 28.1 Å². The molecule has 188 valence electrons. The van der Waals surface area contributed by atoms with Crippen molar-refractivity contribution in [3.8, 4) is 40.1 Å². The van der Waals surface area contributed by atoms with Crippen LogP contribution >= 0.6 is 0 Å². The van der Waals surface area contributed by atoms with Crippen LogP contribution in [-0.4, -0.2) is 72.5 Å². The molecule has 1 fully saturated rings. The van der Waals surface area contributed by atoms with Gasteiger partial charge in [0.2, 0.25) is 17.5 Å². The molecule has 2 aromatic carbocycles. The number of aromatic hydroxyl groups is 1. The maximum atomic E-state index is 13.3. The van der Waals surface area contributed by atoms with Gasteiger partial charge in [-0.3, -0.25) is 4.79 Å². The Labute approximate surface area is 199 Å². The van der Waals surface area contributed by atoms with Gasteiger partial charge >= 0.3 is 0 Å². The molecule has 2 heterocycles. The Morgan fingerprint density at radius 1 is 0.886 bits per heavy atom. The van der Waals surface area contributed by atoms with Crippen molar-refractivity contribution in [1.82, 2.24) is 0 Å². The van der Waals surface area contributed by atoms with Crippen molar-refractivity contribution in [3.63, 3.8) is 0 Å². The van der Waals surface area contributed by atoms with Crippen molar-refractivity contribution in [2.45, 2.75) is 37.6 Å². The number of rotatable bonds is 6. The van der Waals surface area contributed by atoms with Crippen molar-refractivity contribution in [1.29, 1.82) is 0 Å². The number of hydrogen-bond acceptors (Lipinski definition) is 11. The number of aliphatic hydroxyl groups is 3. The van der Waals surface area contributed by atoms with Crippen molar-refractivity contribution in [2.75, 3.05) is 21.3 Å². The number of hydrogen-bond donors (Lipinski definition) is 4. The van der Waals surface area contributed by atoms with E-state index in [-0.39, 0.29) is 45.5 Å². The van der Waals surface area contributed by atoms with Gasteiger partial charge in [0.15, 0.2) is 17.3 Å². The molecule has 0 amide bonds. The summed E-state index contributed by atoms with van der Waals surface area (Å²) in [5, 5.41) is 40.3. The van der Waals surface area contributed by atoms with E-state index < -0.39 is 36.1 Å². The van der Waals surface area contributed by atoms with Crippen LogP contribution in [0.2, 0.25) is 0 Å². The Bertz CT molecular complexity index is 1280.